The Balaban J connectivity index is 2.44. The highest BCUT2D eigenvalue weighted by Gasteiger charge is 2.13. The maximum atomic E-state index is 11.2. The van der Waals surface area contributed by atoms with Crippen molar-refractivity contribution in [3.63, 3.8) is 0 Å². The molecule has 0 atom stereocenters. The first-order chi connectivity index (χ1) is 8.16. The Morgan fingerprint density at radius 1 is 1.12 bits per heavy atom. The Kier molecular flexibility index (Phi) is 3.33. The number of carbonyl (C=O) groups excluding carboxylic acids is 1. The van der Waals surface area contributed by atoms with Crippen molar-refractivity contribution in [3.05, 3.63) is 54.2 Å². The van der Waals surface area contributed by atoms with Crippen LogP contribution in [0, 0.1) is 6.92 Å². The molecule has 0 aliphatic rings. The van der Waals surface area contributed by atoms with Gasteiger partial charge in [0.25, 0.3) is 0 Å². The second-order valence-corrected chi connectivity index (χ2v) is 4.28. The zero-order valence-electron chi connectivity index (χ0n) is 10.2. The minimum Gasteiger partial charge on any atom is -0.293 e. The van der Waals surface area contributed by atoms with Crippen LogP contribution in [0.1, 0.15) is 12.5 Å². The van der Waals surface area contributed by atoms with E-state index in [1.165, 1.54) is 5.56 Å². The molecule has 2 aromatic rings. The molecule has 0 spiro atoms. The average molecular weight is 226 g/mol. The summed E-state index contributed by atoms with van der Waals surface area (Å²) in [5.74, 6) is 0.162. The van der Waals surface area contributed by atoms with Gasteiger partial charge >= 0.3 is 0 Å². The fourth-order valence-corrected chi connectivity index (χ4v) is 1.84. The summed E-state index contributed by atoms with van der Waals surface area (Å²) in [5.41, 5.74) is 3.45. The van der Waals surface area contributed by atoms with Crippen LogP contribution in [0.2, 0.25) is 0 Å². The summed E-state index contributed by atoms with van der Waals surface area (Å²) < 4.78 is 1.98. The standard InChI is InChI=1S/C15H16NO/c1-12-6-8-14(9-7-12)15-5-3-4-10-16(15)11-13(2)17/h3-10H,11H2,1-2H3/q+1. The number of carbonyl (C=O) groups is 1. The molecule has 0 saturated heterocycles. The third kappa shape index (κ3) is 2.78. The highest BCUT2D eigenvalue weighted by molar-refractivity contribution is 5.74. The van der Waals surface area contributed by atoms with Crippen LogP contribution >= 0.6 is 0 Å². The Hall–Kier alpha value is -1.96. The van der Waals surface area contributed by atoms with Gasteiger partial charge in [0.2, 0.25) is 12.2 Å². The second kappa shape index (κ2) is 4.91. The number of ketones is 1. The number of pyridine rings is 1. The molecule has 0 radical (unpaired) electrons. The molecular weight excluding hydrogens is 210 g/mol. The topological polar surface area (TPSA) is 20.9 Å². The van der Waals surface area contributed by atoms with Gasteiger partial charge in [0, 0.05) is 24.6 Å². The van der Waals surface area contributed by atoms with Gasteiger partial charge in [0.05, 0.1) is 0 Å². The lowest BCUT2D eigenvalue weighted by molar-refractivity contribution is -0.673. The first kappa shape index (κ1) is 11.5. The molecule has 17 heavy (non-hydrogen) atoms. The predicted octanol–water partition coefficient (Wildman–Crippen LogP) is 2.54. The molecule has 0 aliphatic carbocycles. The summed E-state index contributed by atoms with van der Waals surface area (Å²) in [6, 6.07) is 14.3. The Bertz CT molecular complexity index is 529. The van der Waals surface area contributed by atoms with Crippen LogP contribution in [0.3, 0.4) is 0 Å². The molecule has 1 aromatic heterocycles. The molecule has 1 heterocycles. The Morgan fingerprint density at radius 2 is 1.82 bits per heavy atom. The molecule has 2 heteroatoms. The lowest BCUT2D eigenvalue weighted by Crippen LogP contribution is -2.38. The van der Waals surface area contributed by atoms with Crippen LogP contribution in [0.5, 0.6) is 0 Å². The highest BCUT2D eigenvalue weighted by Crippen LogP contribution is 2.15. The fourth-order valence-electron chi connectivity index (χ4n) is 1.84. The normalized spacial score (nSPS) is 10.2. The van der Waals surface area contributed by atoms with E-state index >= 15 is 0 Å². The van der Waals surface area contributed by atoms with Gasteiger partial charge in [0.1, 0.15) is 0 Å². The molecule has 0 saturated carbocycles. The van der Waals surface area contributed by atoms with Crippen molar-refractivity contribution in [1.82, 2.24) is 0 Å². The van der Waals surface area contributed by atoms with Gasteiger partial charge < -0.3 is 0 Å². The number of benzene rings is 1. The molecule has 0 amide bonds. The van der Waals surface area contributed by atoms with Crippen molar-refractivity contribution in [2.45, 2.75) is 20.4 Å². The van der Waals surface area contributed by atoms with E-state index in [4.69, 9.17) is 0 Å². The van der Waals surface area contributed by atoms with Gasteiger partial charge in [-0.25, -0.2) is 0 Å². The Labute approximate surface area is 102 Å². The van der Waals surface area contributed by atoms with Crippen LogP contribution in [0.25, 0.3) is 11.3 Å². The van der Waals surface area contributed by atoms with Crippen LogP contribution in [-0.4, -0.2) is 5.78 Å². The quantitative estimate of drug-likeness (QED) is 0.737. The van der Waals surface area contributed by atoms with Crippen LogP contribution in [0.15, 0.2) is 48.7 Å². The van der Waals surface area contributed by atoms with E-state index in [2.05, 4.69) is 31.2 Å². The maximum Gasteiger partial charge on any atom is 0.212 e. The number of hydrogen-bond donors (Lipinski definition) is 0. The summed E-state index contributed by atoms with van der Waals surface area (Å²) in [7, 11) is 0. The van der Waals surface area contributed by atoms with Crippen molar-refractivity contribution in [2.24, 2.45) is 0 Å². The Morgan fingerprint density at radius 3 is 2.47 bits per heavy atom. The first-order valence-electron chi connectivity index (χ1n) is 5.72. The zero-order chi connectivity index (χ0) is 12.3. The van der Waals surface area contributed by atoms with E-state index in [9.17, 15) is 4.79 Å². The third-order valence-electron chi connectivity index (χ3n) is 2.68. The van der Waals surface area contributed by atoms with E-state index < -0.39 is 0 Å². The second-order valence-electron chi connectivity index (χ2n) is 4.28. The number of aromatic nitrogens is 1. The molecular formula is C15H16NO+. The van der Waals surface area contributed by atoms with Crippen LogP contribution in [0.4, 0.5) is 0 Å². The molecule has 0 fully saturated rings. The molecule has 0 aliphatic heterocycles. The van der Waals surface area contributed by atoms with Crippen molar-refractivity contribution >= 4 is 5.78 Å². The van der Waals surface area contributed by atoms with E-state index in [0.717, 1.165) is 11.3 Å². The highest BCUT2D eigenvalue weighted by atomic mass is 16.1. The van der Waals surface area contributed by atoms with Gasteiger partial charge in [-0.1, -0.05) is 17.7 Å². The van der Waals surface area contributed by atoms with Gasteiger partial charge in [-0.3, -0.25) is 4.79 Å². The zero-order valence-corrected chi connectivity index (χ0v) is 10.2. The third-order valence-corrected chi connectivity index (χ3v) is 2.68. The maximum absolute atomic E-state index is 11.2. The lowest BCUT2D eigenvalue weighted by atomic mass is 10.1. The van der Waals surface area contributed by atoms with E-state index in [0.29, 0.717) is 6.54 Å². The number of Topliss-reactive ketones (excluding diaryl/α,β-unsaturated/α-hetero) is 1. The van der Waals surface area contributed by atoms with Crippen LogP contribution in [-0.2, 0) is 11.3 Å². The first-order valence-corrected chi connectivity index (χ1v) is 5.72. The van der Waals surface area contributed by atoms with Gasteiger partial charge in [0.15, 0.2) is 12.0 Å². The van der Waals surface area contributed by atoms with Gasteiger partial charge in [-0.05, 0) is 25.1 Å². The van der Waals surface area contributed by atoms with Crippen molar-refractivity contribution < 1.29 is 9.36 Å². The van der Waals surface area contributed by atoms with Crippen molar-refractivity contribution in [3.8, 4) is 11.3 Å². The van der Waals surface area contributed by atoms with E-state index in [1.807, 2.05) is 29.0 Å². The molecule has 2 nitrogen and oxygen atoms in total. The summed E-state index contributed by atoms with van der Waals surface area (Å²) in [6.07, 6.45) is 1.94. The predicted molar refractivity (Wildman–Crippen MR) is 67.5 cm³/mol. The van der Waals surface area contributed by atoms with Crippen molar-refractivity contribution in [2.75, 3.05) is 0 Å². The molecule has 0 unspecified atom stereocenters. The molecule has 86 valence electrons. The van der Waals surface area contributed by atoms with Crippen LogP contribution < -0.4 is 4.57 Å². The van der Waals surface area contributed by atoms with E-state index in [1.54, 1.807) is 6.92 Å². The molecule has 1 aromatic carbocycles. The molecule has 2 rings (SSSR count). The summed E-state index contributed by atoms with van der Waals surface area (Å²) >= 11 is 0. The SMILES string of the molecule is CC(=O)C[n+]1ccccc1-c1ccc(C)cc1. The number of hydrogen-bond acceptors (Lipinski definition) is 1. The number of nitrogens with zero attached hydrogens (tertiary/aromatic N) is 1. The average Bonchev–Trinajstić information content (AvgIpc) is 2.30. The minimum absolute atomic E-state index is 0.162. The smallest absolute Gasteiger partial charge is 0.212 e. The van der Waals surface area contributed by atoms with Gasteiger partial charge in [-0.2, -0.15) is 4.57 Å². The number of rotatable bonds is 3. The lowest BCUT2D eigenvalue weighted by Gasteiger charge is -2.02. The molecule has 0 bridgehead atoms. The van der Waals surface area contributed by atoms with E-state index in [-0.39, 0.29) is 5.78 Å². The number of aryl methyl sites for hydroxylation is 1. The largest absolute Gasteiger partial charge is 0.293 e. The summed E-state index contributed by atoms with van der Waals surface area (Å²) in [5, 5.41) is 0. The van der Waals surface area contributed by atoms with Gasteiger partial charge in [-0.15, -0.1) is 0 Å². The van der Waals surface area contributed by atoms with Crippen molar-refractivity contribution in [1.29, 1.82) is 0 Å². The monoisotopic (exact) mass is 226 g/mol. The molecule has 0 N–H and O–H groups in total. The fraction of sp³-hybridized carbons (Fsp3) is 0.200. The summed E-state index contributed by atoms with van der Waals surface area (Å²) in [6.45, 7) is 4.10. The summed E-state index contributed by atoms with van der Waals surface area (Å²) in [4.78, 5) is 11.2. The minimum atomic E-state index is 0.162.